The predicted octanol–water partition coefficient (Wildman–Crippen LogP) is 4.84. The molecule has 0 spiro atoms. The van der Waals surface area contributed by atoms with Crippen molar-refractivity contribution in [2.75, 3.05) is 0 Å². The lowest BCUT2D eigenvalue weighted by Crippen LogP contribution is -2.10. The summed E-state index contributed by atoms with van der Waals surface area (Å²) in [5.74, 6) is -0.118. The molecule has 2 aromatic heterocycles. The lowest BCUT2D eigenvalue weighted by molar-refractivity contribution is 0.0965. The number of aromatic nitrogens is 2. The number of fused-ring (bicyclic) bond motifs is 3. The highest BCUT2D eigenvalue weighted by atomic mass is 16.2. The number of pyridine rings is 1. The van der Waals surface area contributed by atoms with Crippen LogP contribution in [0.2, 0.25) is 0 Å². The second-order valence-electron chi connectivity index (χ2n) is 6.69. The molecule has 2 heterocycles. The number of benzene rings is 3. The zero-order chi connectivity index (χ0) is 19.1. The maximum Gasteiger partial charge on any atom is 0.262 e. The quantitative estimate of drug-likeness (QED) is 0.487. The van der Waals surface area contributed by atoms with Gasteiger partial charge in [-0.15, -0.1) is 0 Å². The van der Waals surface area contributed by atoms with Crippen molar-refractivity contribution >= 4 is 27.7 Å². The molecule has 0 fully saturated rings. The minimum atomic E-state index is -0.118. The Hall–Kier alpha value is -3.92. The summed E-state index contributed by atoms with van der Waals surface area (Å²) < 4.78 is 1.59. The van der Waals surface area contributed by atoms with Gasteiger partial charge in [-0.25, -0.2) is 0 Å². The molecule has 0 bridgehead atoms. The summed E-state index contributed by atoms with van der Waals surface area (Å²) in [5.41, 5.74) is 3.75. The molecule has 0 amide bonds. The Morgan fingerprint density at radius 3 is 2.29 bits per heavy atom. The Morgan fingerprint density at radius 2 is 1.54 bits per heavy atom. The van der Waals surface area contributed by atoms with Gasteiger partial charge in [-0.3, -0.25) is 14.2 Å². The number of carbonyl (C=O) groups excluding carboxylic acids is 1. The molecule has 0 unspecified atom stereocenters. The maximum atomic E-state index is 12.9. The van der Waals surface area contributed by atoms with Gasteiger partial charge < -0.3 is 4.98 Å². The van der Waals surface area contributed by atoms with E-state index in [2.05, 4.69) is 4.98 Å². The minimum Gasteiger partial charge on any atom is -0.354 e. The Bertz CT molecular complexity index is 1380. The summed E-state index contributed by atoms with van der Waals surface area (Å²) in [6.07, 6.45) is 1.73. The summed E-state index contributed by atoms with van der Waals surface area (Å²) in [4.78, 5) is 29.1. The van der Waals surface area contributed by atoms with E-state index in [0.29, 0.717) is 10.9 Å². The topological polar surface area (TPSA) is 54.9 Å². The molecule has 0 aliphatic carbocycles. The zero-order valence-electron chi connectivity index (χ0n) is 14.9. The van der Waals surface area contributed by atoms with Crippen LogP contribution in [0.5, 0.6) is 0 Å². The molecule has 5 rings (SSSR count). The lowest BCUT2D eigenvalue weighted by atomic mass is 10.1. The molecule has 28 heavy (non-hydrogen) atoms. The van der Waals surface area contributed by atoms with Crippen LogP contribution in [-0.2, 0) is 0 Å². The van der Waals surface area contributed by atoms with Crippen LogP contribution in [0.15, 0.2) is 95.9 Å². The van der Waals surface area contributed by atoms with E-state index in [1.807, 2.05) is 66.7 Å². The Labute approximate surface area is 160 Å². The molecule has 0 atom stereocenters. The van der Waals surface area contributed by atoms with Crippen LogP contribution in [0, 0.1) is 0 Å². The predicted molar refractivity (Wildman–Crippen MR) is 112 cm³/mol. The number of hydrogen-bond acceptors (Lipinski definition) is 2. The van der Waals surface area contributed by atoms with E-state index in [9.17, 15) is 9.59 Å². The number of rotatable bonds is 2. The van der Waals surface area contributed by atoms with Gasteiger partial charge in [0.05, 0.1) is 16.4 Å². The van der Waals surface area contributed by atoms with Gasteiger partial charge in [0, 0.05) is 28.9 Å². The van der Waals surface area contributed by atoms with Crippen LogP contribution in [0.1, 0.15) is 10.4 Å². The fraction of sp³-hybridized carbons (Fsp3) is 0. The molecule has 0 saturated heterocycles. The molecular formula is C24H16N2O2. The maximum absolute atomic E-state index is 12.9. The molecule has 4 nitrogen and oxygen atoms in total. The first-order valence-electron chi connectivity index (χ1n) is 9.05. The van der Waals surface area contributed by atoms with Gasteiger partial charge in [-0.05, 0) is 35.9 Å². The van der Waals surface area contributed by atoms with Gasteiger partial charge >= 0.3 is 0 Å². The second kappa shape index (κ2) is 6.35. The average Bonchev–Trinajstić information content (AvgIpc) is 3.18. The van der Waals surface area contributed by atoms with E-state index in [1.165, 1.54) is 0 Å². The van der Waals surface area contributed by atoms with Crippen LogP contribution in [0.3, 0.4) is 0 Å². The van der Waals surface area contributed by atoms with Crippen molar-refractivity contribution in [1.29, 1.82) is 0 Å². The Kier molecular flexibility index (Phi) is 3.69. The van der Waals surface area contributed by atoms with Crippen LogP contribution < -0.4 is 5.43 Å². The van der Waals surface area contributed by atoms with Crippen LogP contribution in [-0.4, -0.2) is 15.5 Å². The highest BCUT2D eigenvalue weighted by Crippen LogP contribution is 2.26. The smallest absolute Gasteiger partial charge is 0.262 e. The first kappa shape index (κ1) is 16.3. The minimum absolute atomic E-state index is 0.0666. The Balaban J connectivity index is 1.70. The standard InChI is InChI=1S/C24H16N2O2/c27-22-15-20(16-7-3-1-4-8-16)25-19-11-12-21-18(23(19)22)13-14-26(21)24(28)17-9-5-2-6-10-17/h1-15H,(H,25,27). The van der Waals surface area contributed by atoms with Crippen molar-refractivity contribution in [1.82, 2.24) is 9.55 Å². The summed E-state index contributed by atoms with van der Waals surface area (Å²) in [6, 6.07) is 26.1. The fourth-order valence-corrected chi connectivity index (χ4v) is 3.64. The molecule has 5 aromatic rings. The number of carbonyl (C=O) groups is 1. The first-order valence-corrected chi connectivity index (χ1v) is 9.05. The van der Waals surface area contributed by atoms with Crippen molar-refractivity contribution in [2.45, 2.75) is 0 Å². The molecule has 0 aliphatic rings. The van der Waals surface area contributed by atoms with Crippen molar-refractivity contribution in [3.8, 4) is 11.3 Å². The monoisotopic (exact) mass is 364 g/mol. The third-order valence-corrected chi connectivity index (χ3v) is 4.99. The van der Waals surface area contributed by atoms with Crippen molar-refractivity contribution < 1.29 is 4.79 Å². The van der Waals surface area contributed by atoms with Crippen molar-refractivity contribution in [3.05, 3.63) is 107 Å². The molecule has 0 saturated carbocycles. The highest BCUT2D eigenvalue weighted by molar-refractivity contribution is 6.10. The largest absolute Gasteiger partial charge is 0.354 e. The number of nitrogens with zero attached hydrogens (tertiary/aromatic N) is 1. The lowest BCUT2D eigenvalue weighted by Gasteiger charge is -2.07. The van der Waals surface area contributed by atoms with Crippen LogP contribution >= 0.6 is 0 Å². The summed E-state index contributed by atoms with van der Waals surface area (Å²) >= 11 is 0. The normalized spacial score (nSPS) is 11.1. The number of hydrogen-bond donors (Lipinski definition) is 1. The molecule has 0 aliphatic heterocycles. The molecule has 0 radical (unpaired) electrons. The van der Waals surface area contributed by atoms with Crippen molar-refractivity contribution in [2.24, 2.45) is 0 Å². The fourth-order valence-electron chi connectivity index (χ4n) is 3.64. The van der Waals surface area contributed by atoms with Crippen LogP contribution in [0.4, 0.5) is 0 Å². The van der Waals surface area contributed by atoms with E-state index in [-0.39, 0.29) is 11.3 Å². The van der Waals surface area contributed by atoms with Gasteiger partial charge in [-0.1, -0.05) is 48.5 Å². The number of aromatic amines is 1. The third-order valence-electron chi connectivity index (χ3n) is 4.99. The first-order chi connectivity index (χ1) is 13.7. The van der Waals surface area contributed by atoms with Gasteiger partial charge in [0.2, 0.25) is 0 Å². The number of H-pyrrole nitrogens is 1. The zero-order valence-corrected chi connectivity index (χ0v) is 14.9. The van der Waals surface area contributed by atoms with Gasteiger partial charge in [0.25, 0.3) is 5.91 Å². The molecular weight excluding hydrogens is 348 g/mol. The highest BCUT2D eigenvalue weighted by Gasteiger charge is 2.14. The number of nitrogens with one attached hydrogen (secondary N) is 1. The Morgan fingerprint density at radius 1 is 0.821 bits per heavy atom. The molecule has 3 aromatic carbocycles. The van der Waals surface area contributed by atoms with E-state index < -0.39 is 0 Å². The van der Waals surface area contributed by atoms with E-state index in [0.717, 1.165) is 27.7 Å². The van der Waals surface area contributed by atoms with Gasteiger partial charge in [0.1, 0.15) is 0 Å². The second-order valence-corrected chi connectivity index (χ2v) is 6.69. The van der Waals surface area contributed by atoms with E-state index in [4.69, 9.17) is 0 Å². The summed E-state index contributed by atoms with van der Waals surface area (Å²) in [5, 5.41) is 1.36. The third kappa shape index (κ3) is 2.55. The summed E-state index contributed by atoms with van der Waals surface area (Å²) in [7, 11) is 0. The summed E-state index contributed by atoms with van der Waals surface area (Å²) in [6.45, 7) is 0. The van der Waals surface area contributed by atoms with Crippen LogP contribution in [0.25, 0.3) is 33.1 Å². The van der Waals surface area contributed by atoms with E-state index >= 15 is 0 Å². The van der Waals surface area contributed by atoms with Gasteiger partial charge in [-0.2, -0.15) is 0 Å². The van der Waals surface area contributed by atoms with Crippen molar-refractivity contribution in [3.63, 3.8) is 0 Å². The van der Waals surface area contributed by atoms with E-state index in [1.54, 1.807) is 29.0 Å². The SMILES string of the molecule is O=C(c1ccccc1)n1ccc2c3c(=O)cc(-c4ccccc4)[nH]c3ccc21. The molecule has 134 valence electrons. The molecule has 1 N–H and O–H groups in total. The average molecular weight is 364 g/mol. The van der Waals surface area contributed by atoms with Gasteiger partial charge in [0.15, 0.2) is 5.43 Å². The molecule has 4 heteroatoms.